The van der Waals surface area contributed by atoms with Gasteiger partial charge in [0.15, 0.2) is 0 Å². The van der Waals surface area contributed by atoms with Gasteiger partial charge in [-0.05, 0) is 24.3 Å². The van der Waals surface area contributed by atoms with Crippen molar-refractivity contribution in [2.75, 3.05) is 25.1 Å². The number of fused-ring (bicyclic) bond motifs is 2. The van der Waals surface area contributed by atoms with Crippen LogP contribution in [0, 0.1) is 0 Å². The summed E-state index contributed by atoms with van der Waals surface area (Å²) in [6, 6.07) is 12.3. The predicted octanol–water partition coefficient (Wildman–Crippen LogP) is 0.798. The number of nitrogens with zero attached hydrogens (tertiary/aromatic N) is 2. The van der Waals surface area contributed by atoms with E-state index in [0.717, 1.165) is 0 Å². The first-order valence-electron chi connectivity index (χ1n) is 8.64. The highest BCUT2D eigenvalue weighted by Crippen LogP contribution is 2.35. The van der Waals surface area contributed by atoms with E-state index in [2.05, 4.69) is 0 Å². The van der Waals surface area contributed by atoms with Crippen molar-refractivity contribution < 1.29 is 32.3 Å². The Balaban J connectivity index is 1.65. The summed E-state index contributed by atoms with van der Waals surface area (Å²) in [4.78, 5) is 38.6. The van der Waals surface area contributed by atoms with Gasteiger partial charge in [0.1, 0.15) is 17.2 Å². The lowest BCUT2D eigenvalue weighted by molar-refractivity contribution is -0.148. The molecule has 2 aliphatic rings. The summed E-state index contributed by atoms with van der Waals surface area (Å²) in [6.07, 6.45) is -1.07. The van der Waals surface area contributed by atoms with E-state index in [0.29, 0.717) is 9.99 Å². The molecule has 0 radical (unpaired) electrons. The fourth-order valence-corrected chi connectivity index (χ4v) is 4.84. The van der Waals surface area contributed by atoms with Crippen molar-refractivity contribution in [1.82, 2.24) is 4.31 Å². The van der Waals surface area contributed by atoms with Crippen molar-refractivity contribution in [1.29, 1.82) is 0 Å². The van der Waals surface area contributed by atoms with Crippen LogP contribution in [0.1, 0.15) is 10.4 Å². The van der Waals surface area contributed by atoms with Crippen LogP contribution < -0.4 is 9.64 Å². The minimum Gasteiger partial charge on any atom is -0.475 e. The molecule has 2 aliphatic heterocycles. The zero-order valence-corrected chi connectivity index (χ0v) is 16.1. The van der Waals surface area contributed by atoms with E-state index in [1.807, 2.05) is 0 Å². The molecule has 150 valence electrons. The van der Waals surface area contributed by atoms with Gasteiger partial charge in [0.25, 0.3) is 15.9 Å². The third-order valence-corrected chi connectivity index (χ3v) is 6.52. The molecule has 0 saturated carbocycles. The normalized spacial score (nSPS) is 19.2. The lowest BCUT2D eigenvalue weighted by Gasteiger charge is -2.34. The molecule has 29 heavy (non-hydrogen) atoms. The number of hydrogen-bond acceptors (Lipinski definition) is 7. The van der Waals surface area contributed by atoms with Crippen molar-refractivity contribution in [3.05, 3.63) is 54.1 Å². The number of benzene rings is 2. The fourth-order valence-electron chi connectivity index (χ4n) is 3.32. The molecule has 1 unspecified atom stereocenters. The van der Waals surface area contributed by atoms with Gasteiger partial charge in [0, 0.05) is 0 Å². The summed E-state index contributed by atoms with van der Waals surface area (Å²) in [5.74, 6) is -1.82. The molecule has 2 aromatic carbocycles. The van der Waals surface area contributed by atoms with E-state index < -0.39 is 40.5 Å². The molecule has 0 aliphatic carbocycles. The Bertz CT molecular complexity index is 1130. The van der Waals surface area contributed by atoms with Gasteiger partial charge < -0.3 is 14.4 Å². The summed E-state index contributed by atoms with van der Waals surface area (Å²) in [7, 11) is -2.93. The minimum atomic E-state index is -4.13. The number of methoxy groups -OCH3 is 1. The average Bonchev–Trinajstić information content (AvgIpc) is 2.93. The zero-order valence-electron chi connectivity index (χ0n) is 15.3. The lowest BCUT2D eigenvalue weighted by atomic mass is 10.1. The average molecular weight is 416 g/mol. The van der Waals surface area contributed by atoms with E-state index in [-0.39, 0.29) is 22.8 Å². The van der Waals surface area contributed by atoms with E-state index in [4.69, 9.17) is 9.47 Å². The maximum atomic E-state index is 13.0. The standard InChI is InChI=1S/C19H16N2O7S/c1-27-19(24)15-10-20(13-7-3-4-8-14(13)28-15)17(22)11-21-18(23)12-6-2-5-9-16(12)29(21,25)26/h2-9,15H,10-11H2,1H3. The number of amides is 2. The smallest absolute Gasteiger partial charge is 0.348 e. The Morgan fingerprint density at radius 3 is 2.55 bits per heavy atom. The van der Waals surface area contributed by atoms with Crippen LogP contribution in [0.3, 0.4) is 0 Å². The molecular weight excluding hydrogens is 400 g/mol. The summed E-state index contributed by atoms with van der Waals surface area (Å²) >= 11 is 0. The number of carbonyl (C=O) groups is 3. The first kappa shape index (κ1) is 18.9. The maximum absolute atomic E-state index is 13.0. The molecule has 0 bridgehead atoms. The number of rotatable bonds is 3. The SMILES string of the molecule is COC(=O)C1CN(C(=O)CN2C(=O)c3ccccc3S2(=O)=O)c2ccccc2O1. The monoisotopic (exact) mass is 416 g/mol. The summed E-state index contributed by atoms with van der Waals surface area (Å²) < 4.78 is 36.2. The highest BCUT2D eigenvalue weighted by molar-refractivity contribution is 7.90. The molecule has 0 aromatic heterocycles. The molecule has 1 atom stereocenters. The summed E-state index contributed by atoms with van der Waals surface area (Å²) in [6.45, 7) is -0.865. The molecule has 2 aromatic rings. The molecule has 0 saturated heterocycles. The second-order valence-corrected chi connectivity index (χ2v) is 8.25. The molecule has 0 spiro atoms. The lowest BCUT2D eigenvalue weighted by Crippen LogP contribution is -2.50. The molecule has 4 rings (SSSR count). The Labute approximate surface area is 166 Å². The van der Waals surface area contributed by atoms with Crippen LogP contribution in [0.4, 0.5) is 5.69 Å². The van der Waals surface area contributed by atoms with Crippen molar-refractivity contribution in [3.8, 4) is 5.75 Å². The number of esters is 1. The summed E-state index contributed by atoms with van der Waals surface area (Å²) in [5, 5.41) is 0. The van der Waals surface area contributed by atoms with Gasteiger partial charge in [0.2, 0.25) is 12.0 Å². The molecule has 0 fully saturated rings. The van der Waals surface area contributed by atoms with Crippen LogP contribution in [-0.2, 0) is 24.3 Å². The van der Waals surface area contributed by atoms with Crippen LogP contribution >= 0.6 is 0 Å². The number of para-hydroxylation sites is 2. The van der Waals surface area contributed by atoms with Crippen molar-refractivity contribution in [2.45, 2.75) is 11.0 Å². The quantitative estimate of drug-likeness (QED) is 0.681. The molecule has 10 heteroatoms. The van der Waals surface area contributed by atoms with E-state index >= 15 is 0 Å². The first-order chi connectivity index (χ1) is 13.8. The van der Waals surface area contributed by atoms with E-state index in [1.165, 1.54) is 30.2 Å². The Hall–Kier alpha value is -3.40. The number of anilines is 1. The van der Waals surface area contributed by atoms with Crippen molar-refractivity contribution in [3.63, 3.8) is 0 Å². The van der Waals surface area contributed by atoms with Crippen LogP contribution in [0.5, 0.6) is 5.75 Å². The second-order valence-electron chi connectivity index (χ2n) is 6.41. The Morgan fingerprint density at radius 1 is 1.14 bits per heavy atom. The van der Waals surface area contributed by atoms with Crippen LogP contribution in [0.2, 0.25) is 0 Å². The predicted molar refractivity (Wildman–Crippen MR) is 99.9 cm³/mol. The number of hydrogen-bond donors (Lipinski definition) is 0. The van der Waals surface area contributed by atoms with Crippen LogP contribution in [-0.4, -0.2) is 56.8 Å². The minimum absolute atomic E-state index is 0.0233. The third kappa shape index (κ3) is 3.01. The van der Waals surface area contributed by atoms with Crippen molar-refractivity contribution >= 4 is 33.5 Å². The Kier molecular flexibility index (Phi) is 4.50. The van der Waals surface area contributed by atoms with Gasteiger partial charge in [-0.3, -0.25) is 9.59 Å². The molecule has 2 heterocycles. The molecule has 9 nitrogen and oxygen atoms in total. The number of carbonyl (C=O) groups excluding carboxylic acids is 3. The van der Waals surface area contributed by atoms with Crippen LogP contribution in [0.15, 0.2) is 53.4 Å². The molecule has 0 N–H and O–H groups in total. The van der Waals surface area contributed by atoms with Gasteiger partial charge >= 0.3 is 5.97 Å². The van der Waals surface area contributed by atoms with Gasteiger partial charge in [0.05, 0.1) is 24.9 Å². The highest BCUT2D eigenvalue weighted by atomic mass is 32.2. The number of ether oxygens (including phenoxy) is 2. The van der Waals surface area contributed by atoms with Crippen LogP contribution in [0.25, 0.3) is 0 Å². The maximum Gasteiger partial charge on any atom is 0.348 e. The van der Waals surface area contributed by atoms with Gasteiger partial charge in [-0.15, -0.1) is 0 Å². The van der Waals surface area contributed by atoms with E-state index in [9.17, 15) is 22.8 Å². The number of sulfonamides is 1. The summed E-state index contributed by atoms with van der Waals surface area (Å²) in [5.41, 5.74) is 0.398. The largest absolute Gasteiger partial charge is 0.475 e. The Morgan fingerprint density at radius 2 is 1.83 bits per heavy atom. The molecule has 2 amide bonds. The van der Waals surface area contributed by atoms with Crippen molar-refractivity contribution in [2.24, 2.45) is 0 Å². The zero-order chi connectivity index (χ0) is 20.8. The third-order valence-electron chi connectivity index (χ3n) is 4.73. The fraction of sp³-hybridized carbons (Fsp3) is 0.211. The topological polar surface area (TPSA) is 110 Å². The highest BCUT2D eigenvalue weighted by Gasteiger charge is 2.43. The molecular formula is C19H16N2O7S. The van der Waals surface area contributed by atoms with Gasteiger partial charge in [-0.1, -0.05) is 24.3 Å². The van der Waals surface area contributed by atoms with E-state index in [1.54, 1.807) is 30.3 Å². The van der Waals surface area contributed by atoms with Gasteiger partial charge in [-0.2, -0.15) is 0 Å². The first-order valence-corrected chi connectivity index (χ1v) is 10.1. The second kappa shape index (κ2) is 6.89. The van der Waals surface area contributed by atoms with Gasteiger partial charge in [-0.25, -0.2) is 17.5 Å².